The molecule has 0 radical (unpaired) electrons. The zero-order chi connectivity index (χ0) is 8.91. The molecule has 6 heteroatoms. The van der Waals surface area contributed by atoms with Crippen LogP contribution in [0.5, 0.6) is 0 Å². The van der Waals surface area contributed by atoms with Crippen LogP contribution in [-0.2, 0) is 0 Å². The minimum atomic E-state index is -2.20. The van der Waals surface area contributed by atoms with Crippen molar-refractivity contribution in [3.05, 3.63) is 0 Å². The first-order valence-electron chi connectivity index (χ1n) is 2.79. The van der Waals surface area contributed by atoms with Gasteiger partial charge in [0.2, 0.25) is 0 Å². The topological polar surface area (TPSA) is 49.3 Å². The normalized spacial score (nSPS) is 11.2. The van der Waals surface area contributed by atoms with E-state index in [0.717, 1.165) is 0 Å². The van der Waals surface area contributed by atoms with E-state index in [1.54, 1.807) is 0 Å². The van der Waals surface area contributed by atoms with Crippen LogP contribution < -0.4 is 5.32 Å². The van der Waals surface area contributed by atoms with Gasteiger partial charge < -0.3 is 10.4 Å². The van der Waals surface area contributed by atoms with Crippen LogP contribution in [-0.4, -0.2) is 36.8 Å². The maximum Gasteiger partial charge on any atom is 0.405 e. The van der Waals surface area contributed by atoms with Gasteiger partial charge in [-0.1, -0.05) is 0 Å². The molecule has 0 aliphatic carbocycles. The van der Waals surface area contributed by atoms with Gasteiger partial charge in [0.1, 0.15) is 25.6 Å². The first-order valence-corrected chi connectivity index (χ1v) is 2.79. The third-order valence-electron chi connectivity index (χ3n) is 1.14. The number of amides is 1. The number of rotatable bonds is 4. The Labute approximate surface area is 61.2 Å². The molecule has 0 aliphatic rings. The van der Waals surface area contributed by atoms with Crippen molar-refractivity contribution in [2.45, 2.75) is 5.54 Å². The highest BCUT2D eigenvalue weighted by molar-refractivity contribution is 5.65. The first kappa shape index (κ1) is 10.1. The van der Waals surface area contributed by atoms with Gasteiger partial charge in [-0.05, 0) is 0 Å². The van der Waals surface area contributed by atoms with E-state index < -0.39 is 31.7 Å². The van der Waals surface area contributed by atoms with Gasteiger partial charge in [0.15, 0.2) is 0 Å². The summed E-state index contributed by atoms with van der Waals surface area (Å²) in [6.45, 7) is -4.19. The zero-order valence-electron chi connectivity index (χ0n) is 5.61. The largest absolute Gasteiger partial charge is 0.465 e. The van der Waals surface area contributed by atoms with Crippen molar-refractivity contribution in [3.63, 3.8) is 0 Å². The van der Waals surface area contributed by atoms with Gasteiger partial charge in [-0.25, -0.2) is 18.0 Å². The van der Waals surface area contributed by atoms with Gasteiger partial charge in [-0.2, -0.15) is 0 Å². The zero-order valence-corrected chi connectivity index (χ0v) is 5.61. The van der Waals surface area contributed by atoms with Crippen LogP contribution in [0, 0.1) is 0 Å². The summed E-state index contributed by atoms with van der Waals surface area (Å²) in [6, 6.07) is 0. The summed E-state index contributed by atoms with van der Waals surface area (Å²) in [5.74, 6) is 0. The van der Waals surface area contributed by atoms with E-state index in [-0.39, 0.29) is 0 Å². The molecule has 0 aromatic rings. The fourth-order valence-corrected chi connectivity index (χ4v) is 0.434. The van der Waals surface area contributed by atoms with Gasteiger partial charge in [0.05, 0.1) is 0 Å². The molecule has 3 nitrogen and oxygen atoms in total. The average Bonchev–Trinajstić information content (AvgIpc) is 2.00. The summed E-state index contributed by atoms with van der Waals surface area (Å²) >= 11 is 0. The first-order chi connectivity index (χ1) is 5.10. The molecule has 0 aliphatic heterocycles. The molecule has 0 rings (SSSR count). The molecule has 0 heterocycles. The lowest BCUT2D eigenvalue weighted by Gasteiger charge is -2.23. The Bertz CT molecular complexity index is 129. The van der Waals surface area contributed by atoms with Gasteiger partial charge in [0, 0.05) is 0 Å². The molecule has 11 heavy (non-hydrogen) atoms. The minimum absolute atomic E-state index is 1.40. The summed E-state index contributed by atoms with van der Waals surface area (Å²) in [5.41, 5.74) is -2.20. The van der Waals surface area contributed by atoms with Crippen molar-refractivity contribution in [1.82, 2.24) is 5.32 Å². The second-order valence-electron chi connectivity index (χ2n) is 2.11. The molecule has 66 valence electrons. The SMILES string of the molecule is O=C(O)NC(CF)(CF)CF. The van der Waals surface area contributed by atoms with Crippen LogP contribution in [0.4, 0.5) is 18.0 Å². The van der Waals surface area contributed by atoms with Crippen molar-refractivity contribution in [3.8, 4) is 0 Å². The summed E-state index contributed by atoms with van der Waals surface area (Å²) < 4.78 is 35.6. The summed E-state index contributed by atoms with van der Waals surface area (Å²) in [7, 11) is 0. The quantitative estimate of drug-likeness (QED) is 0.660. The smallest absolute Gasteiger partial charge is 0.405 e. The van der Waals surface area contributed by atoms with Crippen LogP contribution in [0.25, 0.3) is 0 Å². The van der Waals surface area contributed by atoms with Crippen molar-refractivity contribution in [1.29, 1.82) is 0 Å². The van der Waals surface area contributed by atoms with Crippen LogP contribution in [0.3, 0.4) is 0 Å². The minimum Gasteiger partial charge on any atom is -0.465 e. The Balaban J connectivity index is 4.16. The van der Waals surface area contributed by atoms with Gasteiger partial charge in [0.25, 0.3) is 0 Å². The Morgan fingerprint density at radius 3 is 1.73 bits per heavy atom. The molecule has 0 unspecified atom stereocenters. The second kappa shape index (κ2) is 4.05. The lowest BCUT2D eigenvalue weighted by molar-refractivity contribution is 0.131. The van der Waals surface area contributed by atoms with Crippen molar-refractivity contribution in [2.75, 3.05) is 20.0 Å². The molecule has 0 aromatic carbocycles. The van der Waals surface area contributed by atoms with E-state index in [2.05, 4.69) is 0 Å². The molecular weight excluding hydrogens is 163 g/mol. The summed E-state index contributed by atoms with van der Waals surface area (Å²) in [4.78, 5) is 9.88. The summed E-state index contributed by atoms with van der Waals surface area (Å²) in [6.07, 6.45) is -1.64. The highest BCUT2D eigenvalue weighted by Crippen LogP contribution is 2.07. The number of hydrogen-bond donors (Lipinski definition) is 2. The van der Waals surface area contributed by atoms with Gasteiger partial charge >= 0.3 is 6.09 Å². The van der Waals surface area contributed by atoms with Crippen LogP contribution in [0.15, 0.2) is 0 Å². The number of carbonyl (C=O) groups is 1. The van der Waals surface area contributed by atoms with Crippen molar-refractivity contribution < 1.29 is 23.1 Å². The lowest BCUT2D eigenvalue weighted by Crippen LogP contribution is -2.53. The molecular formula is C5H8F3NO2. The maximum atomic E-state index is 11.9. The van der Waals surface area contributed by atoms with Crippen LogP contribution in [0.1, 0.15) is 0 Å². The Morgan fingerprint density at radius 1 is 1.27 bits per heavy atom. The third kappa shape index (κ3) is 2.65. The molecule has 0 spiro atoms. The summed E-state index contributed by atoms with van der Waals surface area (Å²) in [5, 5.41) is 9.47. The number of hydrogen-bond acceptors (Lipinski definition) is 1. The molecule has 2 N–H and O–H groups in total. The van der Waals surface area contributed by atoms with Gasteiger partial charge in [-0.15, -0.1) is 0 Å². The second-order valence-corrected chi connectivity index (χ2v) is 2.11. The van der Waals surface area contributed by atoms with Crippen molar-refractivity contribution >= 4 is 6.09 Å². The maximum absolute atomic E-state index is 11.9. The number of alkyl halides is 3. The van der Waals surface area contributed by atoms with E-state index >= 15 is 0 Å². The predicted octanol–water partition coefficient (Wildman–Crippen LogP) is 0.901. The fourth-order valence-electron chi connectivity index (χ4n) is 0.434. The van der Waals surface area contributed by atoms with E-state index in [0.29, 0.717) is 0 Å². The van der Waals surface area contributed by atoms with E-state index in [4.69, 9.17) is 5.11 Å². The van der Waals surface area contributed by atoms with E-state index in [1.807, 2.05) is 0 Å². The van der Waals surface area contributed by atoms with E-state index in [1.165, 1.54) is 5.32 Å². The molecule has 0 atom stereocenters. The highest BCUT2D eigenvalue weighted by atomic mass is 19.1. The van der Waals surface area contributed by atoms with Crippen LogP contribution >= 0.6 is 0 Å². The highest BCUT2D eigenvalue weighted by Gasteiger charge is 2.32. The van der Waals surface area contributed by atoms with Crippen LogP contribution in [0.2, 0.25) is 0 Å². The third-order valence-corrected chi connectivity index (χ3v) is 1.14. The Kier molecular flexibility index (Phi) is 3.70. The predicted molar refractivity (Wildman–Crippen MR) is 31.8 cm³/mol. The molecule has 1 amide bonds. The molecule has 0 bridgehead atoms. The molecule has 0 saturated carbocycles. The Morgan fingerprint density at radius 2 is 1.64 bits per heavy atom. The average molecular weight is 171 g/mol. The monoisotopic (exact) mass is 171 g/mol. The molecule has 0 saturated heterocycles. The fraction of sp³-hybridized carbons (Fsp3) is 0.800. The molecule has 0 aromatic heterocycles. The standard InChI is InChI=1S/C5H8F3NO2/c6-1-5(2-7,3-8)9-4(10)11/h9H,1-3H2,(H,10,11). The number of nitrogens with one attached hydrogen (secondary N) is 1. The van der Waals surface area contributed by atoms with Gasteiger partial charge in [-0.3, -0.25) is 0 Å². The number of halogens is 3. The number of carboxylic acid groups (broad SMARTS) is 1. The van der Waals surface area contributed by atoms with Crippen molar-refractivity contribution in [2.24, 2.45) is 0 Å². The van der Waals surface area contributed by atoms with E-state index in [9.17, 15) is 18.0 Å². The molecule has 0 fully saturated rings. The lowest BCUT2D eigenvalue weighted by atomic mass is 10.1. The Hall–Kier alpha value is -0.940.